The molecule has 1 aromatic heterocycles. The largest absolute Gasteiger partial charge is 0.476 e. The number of aromatic carboxylic acids is 1. The van der Waals surface area contributed by atoms with Gasteiger partial charge in [-0.2, -0.15) is 0 Å². The molecule has 0 aliphatic heterocycles. The van der Waals surface area contributed by atoms with Crippen molar-refractivity contribution in [1.82, 2.24) is 15.3 Å². The molecule has 0 atom stereocenters. The Hall–Kier alpha value is -1.98. The molecule has 0 unspecified atom stereocenters. The van der Waals surface area contributed by atoms with E-state index in [1.165, 1.54) is 38.3 Å². The van der Waals surface area contributed by atoms with Crippen LogP contribution in [0.15, 0.2) is 12.4 Å². The fourth-order valence-electron chi connectivity index (χ4n) is 2.71. The van der Waals surface area contributed by atoms with Crippen molar-refractivity contribution in [2.75, 3.05) is 6.54 Å². The third kappa shape index (κ3) is 4.81. The lowest BCUT2D eigenvalue weighted by Gasteiger charge is -2.21. The Morgan fingerprint density at radius 2 is 1.81 bits per heavy atom. The van der Waals surface area contributed by atoms with Gasteiger partial charge >= 0.3 is 5.97 Å². The second-order valence-electron chi connectivity index (χ2n) is 5.49. The summed E-state index contributed by atoms with van der Waals surface area (Å²) >= 11 is 0. The molecule has 1 aliphatic carbocycles. The highest BCUT2D eigenvalue weighted by Gasteiger charge is 2.13. The first-order valence-corrected chi connectivity index (χ1v) is 7.50. The number of carbonyl (C=O) groups excluding carboxylic acids is 1. The molecule has 114 valence electrons. The molecule has 0 aromatic carbocycles. The molecule has 0 spiro atoms. The summed E-state index contributed by atoms with van der Waals surface area (Å²) in [5, 5.41) is 11.5. The average molecular weight is 291 g/mol. The van der Waals surface area contributed by atoms with E-state index in [4.69, 9.17) is 5.11 Å². The van der Waals surface area contributed by atoms with Crippen LogP contribution >= 0.6 is 0 Å². The van der Waals surface area contributed by atoms with Gasteiger partial charge in [0.1, 0.15) is 5.69 Å². The Labute approximate surface area is 124 Å². The van der Waals surface area contributed by atoms with Gasteiger partial charge in [-0.25, -0.2) is 14.8 Å². The van der Waals surface area contributed by atoms with E-state index < -0.39 is 5.97 Å². The van der Waals surface area contributed by atoms with Crippen molar-refractivity contribution in [2.24, 2.45) is 5.92 Å². The average Bonchev–Trinajstić information content (AvgIpc) is 2.52. The molecule has 1 heterocycles. The summed E-state index contributed by atoms with van der Waals surface area (Å²) in [6.45, 7) is 0.623. The first-order valence-electron chi connectivity index (χ1n) is 7.50. The third-order valence-corrected chi connectivity index (χ3v) is 3.90. The van der Waals surface area contributed by atoms with Crippen LogP contribution in [0.25, 0.3) is 0 Å². The Balaban J connectivity index is 1.70. The van der Waals surface area contributed by atoms with E-state index in [-0.39, 0.29) is 17.3 Å². The van der Waals surface area contributed by atoms with Gasteiger partial charge in [0.05, 0.1) is 12.4 Å². The number of carboxylic acid groups (broad SMARTS) is 1. The molecule has 0 saturated heterocycles. The zero-order valence-electron chi connectivity index (χ0n) is 12.0. The van der Waals surface area contributed by atoms with Gasteiger partial charge in [0.2, 0.25) is 0 Å². The minimum atomic E-state index is -1.15. The van der Waals surface area contributed by atoms with Gasteiger partial charge in [-0.1, -0.05) is 32.1 Å². The van der Waals surface area contributed by atoms with Crippen LogP contribution in [0, 0.1) is 5.92 Å². The topological polar surface area (TPSA) is 92.2 Å². The van der Waals surface area contributed by atoms with Crippen molar-refractivity contribution in [3.8, 4) is 0 Å². The van der Waals surface area contributed by atoms with Crippen LogP contribution in [0.4, 0.5) is 0 Å². The molecular formula is C15H21N3O3. The Kier molecular flexibility index (Phi) is 5.66. The predicted octanol–water partition coefficient (Wildman–Crippen LogP) is 2.27. The summed E-state index contributed by atoms with van der Waals surface area (Å²) in [6.07, 6.45) is 11.1. The molecule has 0 bridgehead atoms. The number of hydrogen-bond acceptors (Lipinski definition) is 4. The summed E-state index contributed by atoms with van der Waals surface area (Å²) in [5.74, 6) is -0.643. The number of amides is 1. The maximum atomic E-state index is 11.8. The molecule has 1 amide bonds. The van der Waals surface area contributed by atoms with Crippen LogP contribution < -0.4 is 5.32 Å². The number of aromatic nitrogens is 2. The second kappa shape index (κ2) is 7.71. The molecule has 21 heavy (non-hydrogen) atoms. The zero-order chi connectivity index (χ0) is 15.1. The maximum Gasteiger partial charge on any atom is 0.356 e. The summed E-state index contributed by atoms with van der Waals surface area (Å²) < 4.78 is 0. The highest BCUT2D eigenvalue weighted by Crippen LogP contribution is 2.26. The van der Waals surface area contributed by atoms with E-state index in [0.29, 0.717) is 6.54 Å². The number of carboxylic acids is 1. The molecule has 2 rings (SSSR count). The predicted molar refractivity (Wildman–Crippen MR) is 77.1 cm³/mol. The van der Waals surface area contributed by atoms with E-state index in [1.807, 2.05) is 0 Å². The highest BCUT2D eigenvalue weighted by molar-refractivity contribution is 5.92. The summed E-state index contributed by atoms with van der Waals surface area (Å²) in [4.78, 5) is 29.9. The van der Waals surface area contributed by atoms with Crippen molar-refractivity contribution < 1.29 is 14.7 Å². The first-order chi connectivity index (χ1) is 10.2. The van der Waals surface area contributed by atoms with Gasteiger partial charge in [-0.15, -0.1) is 0 Å². The molecular weight excluding hydrogens is 270 g/mol. The molecule has 1 saturated carbocycles. The van der Waals surface area contributed by atoms with Crippen molar-refractivity contribution in [2.45, 2.75) is 44.9 Å². The quantitative estimate of drug-likeness (QED) is 0.784. The van der Waals surface area contributed by atoms with Crippen LogP contribution in [0.5, 0.6) is 0 Å². The van der Waals surface area contributed by atoms with Crippen LogP contribution in [0.2, 0.25) is 0 Å². The fraction of sp³-hybridized carbons (Fsp3) is 0.600. The zero-order valence-corrected chi connectivity index (χ0v) is 12.0. The lowest BCUT2D eigenvalue weighted by Crippen LogP contribution is -2.26. The van der Waals surface area contributed by atoms with E-state index in [9.17, 15) is 9.59 Å². The highest BCUT2D eigenvalue weighted by atomic mass is 16.4. The number of carbonyl (C=O) groups is 2. The second-order valence-corrected chi connectivity index (χ2v) is 5.49. The monoisotopic (exact) mass is 291 g/mol. The van der Waals surface area contributed by atoms with Crippen LogP contribution in [0.1, 0.15) is 65.9 Å². The van der Waals surface area contributed by atoms with Gasteiger partial charge in [0, 0.05) is 6.54 Å². The number of nitrogens with one attached hydrogen (secondary N) is 1. The van der Waals surface area contributed by atoms with E-state index in [1.54, 1.807) is 0 Å². The summed E-state index contributed by atoms with van der Waals surface area (Å²) in [5.41, 5.74) is -0.0125. The molecule has 1 aliphatic rings. The van der Waals surface area contributed by atoms with Crippen molar-refractivity contribution in [3.05, 3.63) is 23.8 Å². The van der Waals surface area contributed by atoms with Gasteiger partial charge in [0.25, 0.3) is 5.91 Å². The number of hydrogen-bond donors (Lipinski definition) is 2. The Bertz CT molecular complexity index is 481. The Morgan fingerprint density at radius 1 is 1.14 bits per heavy atom. The van der Waals surface area contributed by atoms with Gasteiger partial charge in [-0.3, -0.25) is 4.79 Å². The number of nitrogens with zero attached hydrogens (tertiary/aromatic N) is 2. The molecule has 1 fully saturated rings. The Morgan fingerprint density at radius 3 is 2.43 bits per heavy atom. The minimum absolute atomic E-state index is 0.151. The standard InChI is InChI=1S/C15H21N3O3/c19-14(12-9-18-13(10-17-12)15(20)21)16-8-4-7-11-5-2-1-3-6-11/h9-11H,1-8H2,(H,16,19)(H,20,21). The van der Waals surface area contributed by atoms with E-state index in [0.717, 1.165) is 25.0 Å². The van der Waals surface area contributed by atoms with Gasteiger partial charge in [-0.05, 0) is 18.8 Å². The summed E-state index contributed by atoms with van der Waals surface area (Å²) in [7, 11) is 0. The van der Waals surface area contributed by atoms with Crippen molar-refractivity contribution in [1.29, 1.82) is 0 Å². The lowest BCUT2D eigenvalue weighted by molar-refractivity contribution is 0.0689. The van der Waals surface area contributed by atoms with Gasteiger partial charge < -0.3 is 10.4 Å². The van der Waals surface area contributed by atoms with Crippen molar-refractivity contribution >= 4 is 11.9 Å². The summed E-state index contributed by atoms with van der Waals surface area (Å²) in [6, 6.07) is 0. The van der Waals surface area contributed by atoms with Crippen LogP contribution in [-0.2, 0) is 0 Å². The molecule has 6 nitrogen and oxygen atoms in total. The van der Waals surface area contributed by atoms with Gasteiger partial charge in [0.15, 0.2) is 5.69 Å². The lowest BCUT2D eigenvalue weighted by atomic mass is 9.86. The first kappa shape index (κ1) is 15.4. The maximum absolute atomic E-state index is 11.8. The van der Waals surface area contributed by atoms with Crippen LogP contribution in [0.3, 0.4) is 0 Å². The van der Waals surface area contributed by atoms with E-state index in [2.05, 4.69) is 15.3 Å². The minimum Gasteiger partial charge on any atom is -0.476 e. The molecule has 6 heteroatoms. The third-order valence-electron chi connectivity index (χ3n) is 3.90. The van der Waals surface area contributed by atoms with E-state index >= 15 is 0 Å². The van der Waals surface area contributed by atoms with Crippen molar-refractivity contribution in [3.63, 3.8) is 0 Å². The molecule has 2 N–H and O–H groups in total. The van der Waals surface area contributed by atoms with Crippen LogP contribution in [-0.4, -0.2) is 33.5 Å². The smallest absolute Gasteiger partial charge is 0.356 e. The number of rotatable bonds is 6. The molecule has 0 radical (unpaired) electrons. The fourth-order valence-corrected chi connectivity index (χ4v) is 2.71. The SMILES string of the molecule is O=C(O)c1cnc(C(=O)NCCCC2CCCCC2)cn1. The molecule has 1 aromatic rings. The normalized spacial score (nSPS) is 15.6.